The molecule has 0 bridgehead atoms. The van der Waals surface area contributed by atoms with Gasteiger partial charge in [0, 0.05) is 76.2 Å². The van der Waals surface area contributed by atoms with Gasteiger partial charge in [0.1, 0.15) is 84.3 Å². The van der Waals surface area contributed by atoms with Crippen LogP contribution >= 0.6 is 0 Å². The minimum atomic E-state index is -1.71. The van der Waals surface area contributed by atoms with Gasteiger partial charge in [0.05, 0.1) is 12.6 Å². The van der Waals surface area contributed by atoms with E-state index in [-0.39, 0.29) is 146 Å². The molecule has 1 unspecified atom stereocenters. The summed E-state index contributed by atoms with van der Waals surface area (Å²) in [6, 6.07) is -5.57. The van der Waals surface area contributed by atoms with Crippen molar-refractivity contribution in [3.8, 4) is 5.75 Å². The number of nitrogens with zero attached hydrogens (tertiary/aromatic N) is 8. The molecule has 2 aromatic carbocycles. The second-order valence-electron chi connectivity index (χ2n) is 31.2. The number of phenols is 1. The summed E-state index contributed by atoms with van der Waals surface area (Å²) in [4.78, 5) is 257. The van der Waals surface area contributed by atoms with Crippen LogP contribution in [0.5, 0.6) is 5.75 Å². The number of hydrogen-bond acceptors (Lipinski definition) is 21. The first kappa shape index (κ1) is 93.1. The number of hydrogen-bond donors (Lipinski definition) is 15. The van der Waals surface area contributed by atoms with Gasteiger partial charge in [-0.25, -0.2) is 4.79 Å². The molecule has 2 aromatic rings. The Hall–Kier alpha value is -12.0. The van der Waals surface area contributed by atoms with Crippen molar-refractivity contribution in [2.24, 2.45) is 39.9 Å². The van der Waals surface area contributed by atoms with Crippen LogP contribution in [-0.2, 0) is 99.1 Å². The molecule has 0 aliphatic carbocycles. The van der Waals surface area contributed by atoms with E-state index >= 15 is 9.59 Å². The summed E-state index contributed by atoms with van der Waals surface area (Å²) in [5.41, 5.74) is 32.5. The molecule has 118 heavy (non-hydrogen) atoms. The molecule has 14 atom stereocenters. The average Bonchev–Trinajstić information content (AvgIpc) is 1.63. The van der Waals surface area contributed by atoms with E-state index in [1.807, 2.05) is 0 Å². The van der Waals surface area contributed by atoms with Gasteiger partial charge in [0.25, 0.3) is 0 Å². The highest BCUT2D eigenvalue weighted by Crippen LogP contribution is 2.29. The van der Waals surface area contributed by atoms with Crippen LogP contribution in [0.3, 0.4) is 0 Å². The van der Waals surface area contributed by atoms with Crippen molar-refractivity contribution in [1.82, 2.24) is 67.0 Å². The first-order valence-corrected chi connectivity index (χ1v) is 39.8. The Labute approximate surface area is 680 Å². The lowest BCUT2D eigenvalue weighted by Crippen LogP contribution is -2.60. The Bertz CT molecular complexity index is 4070. The van der Waals surface area contributed by atoms with Gasteiger partial charge in [-0.1, -0.05) is 75.3 Å². The number of carboxylic acid groups (broad SMARTS) is 2. The van der Waals surface area contributed by atoms with Gasteiger partial charge in [-0.3, -0.25) is 81.5 Å². The first-order valence-electron chi connectivity index (χ1n) is 39.8. The molecule has 644 valence electrons. The molecule has 19 N–H and O–H groups in total. The van der Waals surface area contributed by atoms with Gasteiger partial charge in [0.2, 0.25) is 94.5 Å². The molecular formula is C77H110N20O21. The molecule has 5 fully saturated rings. The van der Waals surface area contributed by atoms with E-state index in [0.29, 0.717) is 17.5 Å². The molecule has 41 heteroatoms. The summed E-state index contributed by atoms with van der Waals surface area (Å²) in [6.07, 6.45) is -3.12. The number of amides is 16. The molecule has 5 aliphatic heterocycles. The standard InChI is InChI=1S/C77H110N20O21/c1-41(2)34-51(83-63(102)39-78)66(106)85-48(22-26-60(79)99)72(112)94-31-9-16-57(94)69(109)90-54(36-43-12-6-5-7-13-43)76(116)97-40-45(91-92-82)38-59(97)71(111)86-49(23-27-61(80)100)73(113)93-30-8-14-55(93)67(107)84-47(25-29-64(103)104)65(105)88-52(35-42(3)4)74(114)95-32-11-17-58(95)70(110)89-53(37-44-18-20-46(98)21-19-44)75(115)96-33-10-15-56(96)68(108)87-50(77(117)118)24-28-62(81)101/h5-7,12-13,18-21,41-42,45,47-59,98H,8-11,14-17,22-40,78H2,1-4H3,(H2,79,99)(H2,80,100)(H2,81,101)(H,83,102)(H,84,107)(H,85,106)(H,86,111)(H,87,108)(H,88,105)(H,89,110)(H,90,109)(H,103,104)(H,117,118)/t45?,47-,48-,49-,50-,51-,52-,53-,54-,55-,56-,57-,58-,59-/m0/s1. The van der Waals surface area contributed by atoms with Crippen molar-refractivity contribution in [3.63, 3.8) is 0 Å². The Morgan fingerprint density at radius 2 is 0.797 bits per heavy atom. The summed E-state index contributed by atoms with van der Waals surface area (Å²) in [7, 11) is 0. The average molecular weight is 1650 g/mol. The predicted octanol–water partition coefficient (Wildman–Crippen LogP) is -2.90. The Balaban J connectivity index is 1.08. The lowest BCUT2D eigenvalue weighted by atomic mass is 10.0. The molecular weight excluding hydrogens is 1540 g/mol. The predicted molar refractivity (Wildman–Crippen MR) is 417 cm³/mol. The molecule has 5 saturated heterocycles. The number of rotatable bonds is 43. The fraction of sp³-hybridized carbons (Fsp3) is 0.610. The molecule has 0 spiro atoms. The van der Waals surface area contributed by atoms with Crippen molar-refractivity contribution in [2.45, 2.75) is 247 Å². The fourth-order valence-electron chi connectivity index (χ4n) is 15.5. The maximum absolute atomic E-state index is 15.3. The molecule has 0 radical (unpaired) electrons. The van der Waals surface area contributed by atoms with Crippen LogP contribution in [0.15, 0.2) is 59.7 Å². The van der Waals surface area contributed by atoms with E-state index in [1.54, 1.807) is 58.0 Å². The molecule has 5 aliphatic rings. The number of likely N-dealkylation sites (tertiary alicyclic amines) is 5. The zero-order chi connectivity index (χ0) is 86.8. The van der Waals surface area contributed by atoms with Gasteiger partial charge in [-0.15, -0.1) is 0 Å². The topological polar surface area (TPSA) is 633 Å². The maximum Gasteiger partial charge on any atom is 0.326 e. The number of aliphatic carboxylic acids is 2. The summed E-state index contributed by atoms with van der Waals surface area (Å²) in [5.74, 6) is -16.9. The lowest BCUT2D eigenvalue weighted by molar-refractivity contribution is -0.146. The third kappa shape index (κ3) is 26.8. The first-order chi connectivity index (χ1) is 56.0. The van der Waals surface area contributed by atoms with Crippen LogP contribution in [0.1, 0.15) is 161 Å². The summed E-state index contributed by atoms with van der Waals surface area (Å²) in [5, 5.41) is 54.6. The molecule has 16 amide bonds. The van der Waals surface area contributed by atoms with Crippen LogP contribution in [0.25, 0.3) is 10.4 Å². The van der Waals surface area contributed by atoms with E-state index in [2.05, 4.69) is 52.6 Å². The van der Waals surface area contributed by atoms with Crippen LogP contribution in [0.4, 0.5) is 0 Å². The van der Waals surface area contributed by atoms with Crippen LogP contribution in [-0.4, -0.2) is 270 Å². The Morgan fingerprint density at radius 3 is 1.22 bits per heavy atom. The van der Waals surface area contributed by atoms with E-state index < -0.39 is 230 Å². The molecule has 7 rings (SSSR count). The van der Waals surface area contributed by atoms with Crippen molar-refractivity contribution in [1.29, 1.82) is 0 Å². The zero-order valence-electron chi connectivity index (χ0n) is 66.6. The highest BCUT2D eigenvalue weighted by atomic mass is 16.4. The minimum absolute atomic E-state index is 0.0132. The smallest absolute Gasteiger partial charge is 0.326 e. The van der Waals surface area contributed by atoms with Gasteiger partial charge in [-0.05, 0) is 137 Å². The Kier molecular flexibility index (Phi) is 35.0. The number of nitrogens with two attached hydrogens (primary N) is 4. The number of nitrogens with one attached hydrogen (secondary N) is 8. The van der Waals surface area contributed by atoms with Crippen molar-refractivity contribution in [3.05, 3.63) is 76.2 Å². The third-order valence-corrected chi connectivity index (χ3v) is 21.3. The second kappa shape index (κ2) is 44.3. The summed E-state index contributed by atoms with van der Waals surface area (Å²) < 4.78 is 0. The number of carbonyl (C=O) groups excluding carboxylic acids is 16. The minimum Gasteiger partial charge on any atom is -0.508 e. The van der Waals surface area contributed by atoms with Crippen molar-refractivity contribution in [2.75, 3.05) is 39.3 Å². The van der Waals surface area contributed by atoms with Crippen LogP contribution in [0.2, 0.25) is 0 Å². The van der Waals surface area contributed by atoms with Gasteiger partial charge in [-0.2, -0.15) is 0 Å². The van der Waals surface area contributed by atoms with E-state index in [9.17, 15) is 97.6 Å². The molecule has 0 saturated carbocycles. The largest absolute Gasteiger partial charge is 0.508 e. The SMILES string of the molecule is CC(C)C[C@H](NC(=O)CN)C(=O)N[C@@H](CCC(N)=O)C(=O)N1CCC[C@H]1C(=O)N[C@@H](Cc1ccccc1)C(=O)N1CC(N=[N+]=[N-])C[C@H]1C(=O)N[C@@H](CCC(N)=O)C(=O)N1CCC[C@H]1C(=O)N[C@@H](CCC(=O)O)C(=O)N[C@@H](CC(C)C)C(=O)N1CCC[C@H]1C(=O)N[C@@H](Cc1ccc(O)cc1)C(=O)N1CCC[C@H]1C(=O)N[C@@H](CCC(N)=O)C(=O)O. The number of azide groups is 1. The maximum atomic E-state index is 15.3. The number of benzene rings is 2. The second-order valence-corrected chi connectivity index (χ2v) is 31.2. The number of carboxylic acids is 2. The number of primary amides is 3. The zero-order valence-corrected chi connectivity index (χ0v) is 66.6. The van der Waals surface area contributed by atoms with E-state index in [1.165, 1.54) is 39.0 Å². The third-order valence-electron chi connectivity index (χ3n) is 21.3. The van der Waals surface area contributed by atoms with Crippen molar-refractivity contribution < 1.29 is 102 Å². The highest BCUT2D eigenvalue weighted by molar-refractivity contribution is 6.01. The highest BCUT2D eigenvalue weighted by Gasteiger charge is 2.48. The number of phenolic OH excluding ortho intramolecular Hbond substituents is 1. The quantitative estimate of drug-likeness (QED) is 0.0180. The van der Waals surface area contributed by atoms with Gasteiger partial charge in [0.15, 0.2) is 0 Å². The molecule has 5 heterocycles. The number of carbonyl (C=O) groups is 18. The summed E-state index contributed by atoms with van der Waals surface area (Å²) >= 11 is 0. The molecule has 41 nitrogen and oxygen atoms in total. The molecule has 0 aromatic heterocycles. The van der Waals surface area contributed by atoms with Crippen LogP contribution in [0, 0.1) is 11.8 Å². The van der Waals surface area contributed by atoms with Crippen molar-refractivity contribution >= 4 is 106 Å². The van der Waals surface area contributed by atoms with E-state index in [0.717, 1.165) is 9.80 Å². The number of aromatic hydroxyl groups is 1. The van der Waals surface area contributed by atoms with Gasteiger partial charge >= 0.3 is 11.9 Å². The van der Waals surface area contributed by atoms with E-state index in [4.69, 9.17) is 22.9 Å². The monoisotopic (exact) mass is 1650 g/mol. The Morgan fingerprint density at radius 1 is 0.441 bits per heavy atom. The lowest BCUT2D eigenvalue weighted by Gasteiger charge is -2.33. The van der Waals surface area contributed by atoms with Crippen LogP contribution < -0.4 is 65.5 Å². The fourth-order valence-corrected chi connectivity index (χ4v) is 15.5. The van der Waals surface area contributed by atoms with Gasteiger partial charge < -0.3 is 105 Å². The normalized spacial score (nSPS) is 20.3. The summed E-state index contributed by atoms with van der Waals surface area (Å²) in [6.45, 7) is 6.05.